The molecular weight excluding hydrogens is 733 g/mol. The van der Waals surface area contributed by atoms with Crippen LogP contribution in [-0.2, 0) is 32.7 Å². The zero-order valence-corrected chi connectivity index (χ0v) is 36.3. The fourth-order valence-electron chi connectivity index (χ4n) is 6.24. The summed E-state index contributed by atoms with van der Waals surface area (Å²) in [5.41, 5.74) is 0. The number of unbranched alkanes of at least 4 members (excludes halogenated alkanes) is 24. The van der Waals surface area contributed by atoms with Crippen LogP contribution in [0.4, 0.5) is 0 Å². The summed E-state index contributed by atoms with van der Waals surface area (Å²) in [6.45, 7) is 2.53. The number of carboxylic acids is 1. The molecule has 0 spiro atoms. The first-order chi connectivity index (χ1) is 27.1. The summed E-state index contributed by atoms with van der Waals surface area (Å²) in [5.74, 6) is -2.38. The van der Waals surface area contributed by atoms with E-state index in [1.807, 2.05) is 0 Å². The van der Waals surface area contributed by atoms with E-state index in [2.05, 4.69) is 43.5 Å². The number of aliphatic carboxylic acids is 1. The Morgan fingerprint density at radius 1 is 0.571 bits per heavy atom. The monoisotopic (exact) mass is 816 g/mol. The van der Waals surface area contributed by atoms with Crippen molar-refractivity contribution in [1.82, 2.24) is 5.32 Å². The molecule has 12 heteroatoms. The summed E-state index contributed by atoms with van der Waals surface area (Å²) >= 11 is 0. The maximum atomic E-state index is 12.3. The highest BCUT2D eigenvalue weighted by Crippen LogP contribution is 2.43. The zero-order chi connectivity index (χ0) is 41.4. The van der Waals surface area contributed by atoms with Gasteiger partial charge in [-0.15, -0.1) is 0 Å². The van der Waals surface area contributed by atoms with Crippen molar-refractivity contribution in [1.29, 1.82) is 0 Å². The van der Waals surface area contributed by atoms with Gasteiger partial charge in [0.1, 0.15) is 12.7 Å². The second kappa shape index (κ2) is 39.8. The van der Waals surface area contributed by atoms with Gasteiger partial charge in [-0.05, 0) is 38.5 Å². The maximum absolute atomic E-state index is 12.3. The molecule has 0 aliphatic carbocycles. The topological polar surface area (TPSA) is 169 Å². The lowest BCUT2D eigenvalue weighted by Gasteiger charge is -2.18. The van der Waals surface area contributed by atoms with E-state index in [0.29, 0.717) is 12.8 Å². The third-order valence-electron chi connectivity index (χ3n) is 9.72. The quantitative estimate of drug-likeness (QED) is 0.0201. The number of carboxylic acid groups (broad SMARTS) is 1. The number of hydrogen-bond donors (Lipinski definition) is 4. The van der Waals surface area contributed by atoms with Crippen molar-refractivity contribution in [3.8, 4) is 0 Å². The molecule has 11 nitrogen and oxygen atoms in total. The molecule has 0 bridgehead atoms. The van der Waals surface area contributed by atoms with Crippen LogP contribution < -0.4 is 5.32 Å². The lowest BCUT2D eigenvalue weighted by molar-refractivity contribution is -0.147. The standard InChI is InChI=1S/C44H82NO10P/c1-3-5-7-9-11-13-15-17-18-19-20-21-22-24-26-28-30-32-34-36-43(48)53-37-40(46)38-54-56(51,52)55-39-41(44(49)50)45-42(47)35-33-31-29-27-25-23-16-14-12-10-8-6-4-2/h8,10,14,16,40-41,46H,3-7,9,11-13,15,17-39H2,1-2H3,(H,45,47)(H,49,50)(H,51,52)/b10-8-,16-14-. The van der Waals surface area contributed by atoms with Crippen LogP contribution in [0.5, 0.6) is 0 Å². The Balaban J connectivity index is 3.85. The van der Waals surface area contributed by atoms with Crippen molar-refractivity contribution in [3.63, 3.8) is 0 Å². The fraction of sp³-hybridized carbons (Fsp3) is 0.841. The average Bonchev–Trinajstić information content (AvgIpc) is 3.17. The number of allylic oxidation sites excluding steroid dienone is 4. The van der Waals surface area contributed by atoms with Crippen molar-refractivity contribution >= 4 is 25.7 Å². The minimum Gasteiger partial charge on any atom is -0.480 e. The molecular formula is C44H82NO10P. The van der Waals surface area contributed by atoms with Gasteiger partial charge < -0.3 is 25.2 Å². The predicted molar refractivity (Wildman–Crippen MR) is 226 cm³/mol. The lowest BCUT2D eigenvalue weighted by Crippen LogP contribution is -2.43. The summed E-state index contributed by atoms with van der Waals surface area (Å²) in [7, 11) is -4.76. The molecule has 1 amide bonds. The minimum atomic E-state index is -4.76. The minimum absolute atomic E-state index is 0.130. The molecule has 0 heterocycles. The summed E-state index contributed by atoms with van der Waals surface area (Å²) in [5, 5.41) is 21.8. The number of nitrogens with one attached hydrogen (secondary N) is 1. The Labute approximate surface area is 340 Å². The number of hydrogen-bond acceptors (Lipinski definition) is 8. The molecule has 3 atom stereocenters. The molecule has 0 aliphatic heterocycles. The maximum Gasteiger partial charge on any atom is 0.472 e. The van der Waals surface area contributed by atoms with Gasteiger partial charge >= 0.3 is 19.8 Å². The van der Waals surface area contributed by atoms with Crippen LogP contribution in [0.2, 0.25) is 0 Å². The number of carbonyl (C=O) groups excluding carboxylic acids is 2. The van der Waals surface area contributed by atoms with E-state index < -0.39 is 57.6 Å². The number of aliphatic hydroxyl groups is 1. The van der Waals surface area contributed by atoms with Crippen molar-refractivity contribution in [2.24, 2.45) is 0 Å². The van der Waals surface area contributed by atoms with Gasteiger partial charge in [0, 0.05) is 12.8 Å². The highest BCUT2D eigenvalue weighted by atomic mass is 31.2. The van der Waals surface area contributed by atoms with Crippen LogP contribution in [0.25, 0.3) is 0 Å². The molecule has 0 aromatic rings. The zero-order valence-electron chi connectivity index (χ0n) is 35.4. The van der Waals surface area contributed by atoms with Crippen molar-refractivity contribution in [3.05, 3.63) is 24.3 Å². The van der Waals surface area contributed by atoms with Gasteiger partial charge in [0.15, 0.2) is 6.04 Å². The number of rotatable bonds is 42. The third-order valence-corrected chi connectivity index (χ3v) is 10.7. The van der Waals surface area contributed by atoms with E-state index in [4.69, 9.17) is 13.8 Å². The van der Waals surface area contributed by atoms with Gasteiger partial charge in [-0.25, -0.2) is 9.36 Å². The number of carbonyl (C=O) groups is 3. The molecule has 328 valence electrons. The lowest BCUT2D eigenvalue weighted by atomic mass is 10.0. The highest BCUT2D eigenvalue weighted by Gasteiger charge is 2.28. The number of phosphoric acid groups is 1. The smallest absolute Gasteiger partial charge is 0.472 e. The number of amides is 1. The van der Waals surface area contributed by atoms with Crippen LogP contribution in [0.3, 0.4) is 0 Å². The third kappa shape index (κ3) is 38.8. The first-order valence-corrected chi connectivity index (χ1v) is 23.9. The molecule has 0 saturated carbocycles. The van der Waals surface area contributed by atoms with Gasteiger partial charge in [0.25, 0.3) is 0 Å². The summed E-state index contributed by atoms with van der Waals surface area (Å²) in [6, 6.07) is -1.55. The largest absolute Gasteiger partial charge is 0.480 e. The molecule has 3 unspecified atom stereocenters. The normalized spacial score (nSPS) is 13.9. The van der Waals surface area contributed by atoms with Crippen molar-refractivity contribution < 1.29 is 47.8 Å². The van der Waals surface area contributed by atoms with Crippen LogP contribution in [0.15, 0.2) is 24.3 Å². The van der Waals surface area contributed by atoms with Crippen LogP contribution in [0.1, 0.15) is 206 Å². The second-order valence-electron chi connectivity index (χ2n) is 15.2. The Morgan fingerprint density at radius 2 is 1.02 bits per heavy atom. The average molecular weight is 816 g/mol. The number of aliphatic hydroxyl groups excluding tert-OH is 1. The van der Waals surface area contributed by atoms with Crippen LogP contribution in [0, 0.1) is 0 Å². The Morgan fingerprint density at radius 3 is 1.52 bits per heavy atom. The van der Waals surface area contributed by atoms with E-state index in [1.165, 1.54) is 96.3 Å². The SMILES string of the molecule is CCC/C=C\C/C=C\CCCCCCCC(=O)NC(COP(=O)(O)OCC(O)COC(=O)CCCCCCCCCCCCCCCCCCCCC)C(=O)O. The molecule has 0 fully saturated rings. The van der Waals surface area contributed by atoms with Gasteiger partial charge in [-0.3, -0.25) is 18.6 Å². The highest BCUT2D eigenvalue weighted by molar-refractivity contribution is 7.47. The molecule has 0 saturated heterocycles. The second-order valence-corrected chi connectivity index (χ2v) is 16.7. The van der Waals surface area contributed by atoms with Gasteiger partial charge in [-0.2, -0.15) is 0 Å². The predicted octanol–water partition coefficient (Wildman–Crippen LogP) is 11.4. The van der Waals surface area contributed by atoms with Gasteiger partial charge in [0.05, 0.1) is 13.2 Å². The van der Waals surface area contributed by atoms with E-state index >= 15 is 0 Å². The van der Waals surface area contributed by atoms with Crippen LogP contribution >= 0.6 is 7.82 Å². The molecule has 4 N–H and O–H groups in total. The first kappa shape index (κ1) is 54.0. The Hall–Kier alpha value is -2.04. The Bertz CT molecular complexity index is 1050. The summed E-state index contributed by atoms with van der Waals surface area (Å²) in [4.78, 5) is 45.9. The van der Waals surface area contributed by atoms with Crippen molar-refractivity contribution in [2.45, 2.75) is 219 Å². The molecule has 0 aliphatic rings. The molecule has 0 radical (unpaired) electrons. The van der Waals surface area contributed by atoms with Gasteiger partial charge in [-0.1, -0.05) is 179 Å². The van der Waals surface area contributed by atoms with Gasteiger partial charge in [0.2, 0.25) is 5.91 Å². The summed E-state index contributed by atoms with van der Waals surface area (Å²) in [6.07, 6.45) is 40.6. The summed E-state index contributed by atoms with van der Waals surface area (Å²) < 4.78 is 26.8. The molecule has 56 heavy (non-hydrogen) atoms. The van der Waals surface area contributed by atoms with Crippen molar-refractivity contribution in [2.75, 3.05) is 19.8 Å². The molecule has 0 aromatic carbocycles. The number of esters is 1. The number of ether oxygens (including phenoxy) is 1. The number of phosphoric ester groups is 1. The van der Waals surface area contributed by atoms with E-state index in [0.717, 1.165) is 70.6 Å². The van der Waals surface area contributed by atoms with E-state index in [1.54, 1.807) is 0 Å². The van der Waals surface area contributed by atoms with E-state index in [-0.39, 0.29) is 12.8 Å². The van der Waals surface area contributed by atoms with E-state index in [9.17, 15) is 34.1 Å². The van der Waals surface area contributed by atoms with Crippen LogP contribution in [-0.4, -0.2) is 64.9 Å². The molecule has 0 aromatic heterocycles. The first-order valence-electron chi connectivity index (χ1n) is 22.4. The fourth-order valence-corrected chi connectivity index (χ4v) is 7.01. The molecule has 0 rings (SSSR count). The Kier molecular flexibility index (Phi) is 38.3.